The second-order valence-corrected chi connectivity index (χ2v) is 7.04. The smallest absolute Gasteiger partial charge is 0.273 e. The molecule has 1 atom stereocenters. The molecule has 1 unspecified atom stereocenters. The first-order chi connectivity index (χ1) is 12.8. The molecule has 7 heteroatoms. The lowest BCUT2D eigenvalue weighted by atomic mass is 10.0. The standard InChI is InChI=1S/C19H24N4O3/c24-19(15-5-1-3-10-20-15)23-11-4-2-6-16(23)18-21-17(22-26-18)9-12-25-13-14-7-8-14/h1,3,5,10,14,16H,2,4,6-9,11-13H2. The lowest BCUT2D eigenvalue weighted by Crippen LogP contribution is -2.39. The van der Waals surface area contributed by atoms with Gasteiger partial charge in [-0.1, -0.05) is 11.2 Å². The molecule has 138 valence electrons. The summed E-state index contributed by atoms with van der Waals surface area (Å²) in [6.45, 7) is 2.12. The number of nitrogens with zero attached hydrogens (tertiary/aromatic N) is 4. The predicted molar refractivity (Wildman–Crippen MR) is 93.4 cm³/mol. The lowest BCUT2D eigenvalue weighted by Gasteiger charge is -2.33. The summed E-state index contributed by atoms with van der Waals surface area (Å²) in [6, 6.07) is 5.20. The molecule has 1 saturated carbocycles. The van der Waals surface area contributed by atoms with Crippen LogP contribution in [0.4, 0.5) is 0 Å². The Balaban J connectivity index is 1.40. The highest BCUT2D eigenvalue weighted by Gasteiger charge is 2.33. The van der Waals surface area contributed by atoms with Gasteiger partial charge in [0.1, 0.15) is 11.7 Å². The Hall–Kier alpha value is -2.28. The van der Waals surface area contributed by atoms with E-state index < -0.39 is 0 Å². The van der Waals surface area contributed by atoms with Crippen molar-refractivity contribution in [3.05, 3.63) is 41.8 Å². The minimum Gasteiger partial charge on any atom is -0.381 e. The average Bonchev–Trinajstić information content (AvgIpc) is 3.41. The number of carbonyl (C=O) groups excluding carboxylic acids is 1. The molecular weight excluding hydrogens is 332 g/mol. The lowest BCUT2D eigenvalue weighted by molar-refractivity contribution is 0.0555. The van der Waals surface area contributed by atoms with Gasteiger partial charge in [0.05, 0.1) is 6.61 Å². The number of aromatic nitrogens is 3. The van der Waals surface area contributed by atoms with E-state index >= 15 is 0 Å². The molecule has 0 bridgehead atoms. The number of ether oxygens (including phenoxy) is 1. The van der Waals surface area contributed by atoms with E-state index in [0.717, 1.165) is 31.8 Å². The largest absolute Gasteiger partial charge is 0.381 e. The number of hydrogen-bond donors (Lipinski definition) is 0. The summed E-state index contributed by atoms with van der Waals surface area (Å²) in [4.78, 5) is 23.3. The van der Waals surface area contributed by atoms with Gasteiger partial charge in [0.25, 0.3) is 5.91 Å². The Bertz CT molecular complexity index is 729. The predicted octanol–water partition coefficient (Wildman–Crippen LogP) is 2.80. The third kappa shape index (κ3) is 4.09. The summed E-state index contributed by atoms with van der Waals surface area (Å²) >= 11 is 0. The average molecular weight is 356 g/mol. The first-order valence-corrected chi connectivity index (χ1v) is 9.43. The van der Waals surface area contributed by atoms with Gasteiger partial charge in [-0.2, -0.15) is 4.98 Å². The number of likely N-dealkylation sites (tertiary alicyclic amines) is 1. The zero-order valence-electron chi connectivity index (χ0n) is 14.8. The van der Waals surface area contributed by atoms with Crippen LogP contribution >= 0.6 is 0 Å². The Morgan fingerprint density at radius 2 is 2.19 bits per heavy atom. The molecule has 2 fully saturated rings. The maximum atomic E-state index is 12.8. The minimum atomic E-state index is -0.174. The van der Waals surface area contributed by atoms with Crippen LogP contribution in [0.15, 0.2) is 28.9 Å². The maximum Gasteiger partial charge on any atom is 0.273 e. The van der Waals surface area contributed by atoms with E-state index in [0.29, 0.717) is 37.0 Å². The molecule has 7 nitrogen and oxygen atoms in total. The maximum absolute atomic E-state index is 12.8. The van der Waals surface area contributed by atoms with Crippen LogP contribution in [0.2, 0.25) is 0 Å². The summed E-state index contributed by atoms with van der Waals surface area (Å²) in [5.74, 6) is 1.84. The molecule has 2 aromatic heterocycles. The van der Waals surface area contributed by atoms with E-state index in [-0.39, 0.29) is 11.9 Å². The van der Waals surface area contributed by atoms with Crippen molar-refractivity contribution in [3.63, 3.8) is 0 Å². The van der Waals surface area contributed by atoms with Crippen molar-refractivity contribution in [3.8, 4) is 0 Å². The van der Waals surface area contributed by atoms with Gasteiger partial charge in [0.15, 0.2) is 5.82 Å². The number of piperidine rings is 1. The van der Waals surface area contributed by atoms with Crippen molar-refractivity contribution in [1.82, 2.24) is 20.0 Å². The van der Waals surface area contributed by atoms with Crippen LogP contribution in [0.1, 0.15) is 60.3 Å². The van der Waals surface area contributed by atoms with E-state index in [9.17, 15) is 4.79 Å². The van der Waals surface area contributed by atoms with Gasteiger partial charge in [-0.25, -0.2) is 0 Å². The fourth-order valence-electron chi connectivity index (χ4n) is 3.27. The van der Waals surface area contributed by atoms with Crippen LogP contribution in [0.25, 0.3) is 0 Å². The van der Waals surface area contributed by atoms with E-state index in [2.05, 4.69) is 15.1 Å². The first-order valence-electron chi connectivity index (χ1n) is 9.43. The SMILES string of the molecule is O=C(c1ccccn1)N1CCCCC1c1nc(CCOCC2CC2)no1. The molecule has 0 spiro atoms. The van der Waals surface area contributed by atoms with E-state index in [1.54, 1.807) is 18.3 Å². The Morgan fingerprint density at radius 3 is 3.00 bits per heavy atom. The fraction of sp³-hybridized carbons (Fsp3) is 0.579. The molecule has 1 aliphatic heterocycles. The van der Waals surface area contributed by atoms with Crippen LogP contribution in [-0.4, -0.2) is 45.7 Å². The molecule has 0 aromatic carbocycles. The molecular formula is C19H24N4O3. The zero-order chi connectivity index (χ0) is 17.8. The van der Waals surface area contributed by atoms with Gasteiger partial charge in [0.2, 0.25) is 5.89 Å². The minimum absolute atomic E-state index is 0.0807. The van der Waals surface area contributed by atoms with Gasteiger partial charge < -0.3 is 14.2 Å². The Morgan fingerprint density at radius 1 is 1.27 bits per heavy atom. The number of pyridine rings is 1. The van der Waals surface area contributed by atoms with Gasteiger partial charge in [-0.15, -0.1) is 0 Å². The van der Waals surface area contributed by atoms with Crippen molar-refractivity contribution in [1.29, 1.82) is 0 Å². The molecule has 1 saturated heterocycles. The summed E-state index contributed by atoms with van der Waals surface area (Å²) in [7, 11) is 0. The number of carbonyl (C=O) groups is 1. The third-order valence-electron chi connectivity index (χ3n) is 4.94. The number of rotatable bonds is 7. The molecule has 1 aliphatic carbocycles. The van der Waals surface area contributed by atoms with Crippen LogP contribution in [0.5, 0.6) is 0 Å². The van der Waals surface area contributed by atoms with Crippen molar-refractivity contribution in [2.45, 2.75) is 44.6 Å². The Labute approximate surface area is 152 Å². The van der Waals surface area contributed by atoms with Crippen LogP contribution in [-0.2, 0) is 11.2 Å². The second kappa shape index (κ2) is 7.95. The van der Waals surface area contributed by atoms with Crippen molar-refractivity contribution >= 4 is 5.91 Å². The second-order valence-electron chi connectivity index (χ2n) is 7.04. The van der Waals surface area contributed by atoms with E-state index in [4.69, 9.17) is 9.26 Å². The molecule has 1 amide bonds. The van der Waals surface area contributed by atoms with Gasteiger partial charge in [-0.3, -0.25) is 9.78 Å². The summed E-state index contributed by atoms with van der Waals surface area (Å²) in [6.07, 6.45) is 7.69. The van der Waals surface area contributed by atoms with Gasteiger partial charge >= 0.3 is 0 Å². The quantitative estimate of drug-likeness (QED) is 0.710. The molecule has 3 heterocycles. The molecule has 2 aliphatic rings. The molecule has 0 N–H and O–H groups in total. The number of hydrogen-bond acceptors (Lipinski definition) is 6. The van der Waals surface area contributed by atoms with E-state index in [1.807, 2.05) is 11.0 Å². The van der Waals surface area contributed by atoms with Crippen molar-refractivity contribution in [2.24, 2.45) is 5.92 Å². The highest BCUT2D eigenvalue weighted by atomic mass is 16.5. The van der Waals surface area contributed by atoms with Gasteiger partial charge in [-0.05, 0) is 50.2 Å². The summed E-state index contributed by atoms with van der Waals surface area (Å²) in [5.41, 5.74) is 0.451. The van der Waals surface area contributed by atoms with Crippen LogP contribution < -0.4 is 0 Å². The summed E-state index contributed by atoms with van der Waals surface area (Å²) in [5, 5.41) is 4.07. The molecule has 0 radical (unpaired) electrons. The van der Waals surface area contributed by atoms with E-state index in [1.165, 1.54) is 12.8 Å². The zero-order valence-corrected chi connectivity index (χ0v) is 14.8. The fourth-order valence-corrected chi connectivity index (χ4v) is 3.27. The first kappa shape index (κ1) is 17.1. The van der Waals surface area contributed by atoms with Crippen molar-refractivity contribution < 1.29 is 14.1 Å². The molecule has 26 heavy (non-hydrogen) atoms. The Kier molecular flexibility index (Phi) is 5.24. The third-order valence-corrected chi connectivity index (χ3v) is 4.94. The molecule has 2 aromatic rings. The normalized spacial score (nSPS) is 20.3. The number of amides is 1. The van der Waals surface area contributed by atoms with Gasteiger partial charge in [0, 0.05) is 25.8 Å². The van der Waals surface area contributed by atoms with Crippen LogP contribution in [0.3, 0.4) is 0 Å². The topological polar surface area (TPSA) is 81.4 Å². The highest BCUT2D eigenvalue weighted by Crippen LogP contribution is 2.31. The van der Waals surface area contributed by atoms with Crippen LogP contribution in [0, 0.1) is 5.92 Å². The van der Waals surface area contributed by atoms with Crippen molar-refractivity contribution in [2.75, 3.05) is 19.8 Å². The summed E-state index contributed by atoms with van der Waals surface area (Å²) < 4.78 is 11.1. The monoisotopic (exact) mass is 356 g/mol. The molecule has 4 rings (SSSR count). The highest BCUT2D eigenvalue weighted by molar-refractivity contribution is 5.92.